The molecule has 33 heavy (non-hydrogen) atoms. The van der Waals surface area contributed by atoms with Crippen molar-refractivity contribution >= 4 is 29.3 Å². The molecular weight excluding hydrogens is 455 g/mol. The number of piperidine rings is 1. The number of halogens is 2. The van der Waals surface area contributed by atoms with E-state index in [2.05, 4.69) is 10.3 Å². The largest absolute Gasteiger partial charge is 0.464 e. The second-order valence-corrected chi connectivity index (χ2v) is 8.16. The van der Waals surface area contributed by atoms with Gasteiger partial charge in [0.05, 0.1) is 30.3 Å². The molecule has 1 aromatic heterocycles. The molecule has 1 aromatic carbocycles. The molecule has 0 aliphatic carbocycles. The average molecular weight is 481 g/mol. The van der Waals surface area contributed by atoms with Gasteiger partial charge in [0.25, 0.3) is 11.5 Å². The standard InChI is InChI=1S/C22H26ClFN4O5/c1-32-18-11-28(12-19(29)33-9-7-13-2-4-14(24)5-3-13)8-6-17(18)26-21(30)15-10-16(23)20(25)27-22(15)31/h2-5,10,17-18H,6-9,11-12H2,1H3,(H,26,30)(H3,25,27,31)/t17-,18+/m0/s1. The van der Waals surface area contributed by atoms with E-state index in [4.69, 9.17) is 26.8 Å². The number of nitrogens with two attached hydrogens (primary N) is 1. The van der Waals surface area contributed by atoms with Crippen molar-refractivity contribution < 1.29 is 23.5 Å². The summed E-state index contributed by atoms with van der Waals surface area (Å²) in [6.45, 7) is 1.20. The lowest BCUT2D eigenvalue weighted by molar-refractivity contribution is -0.145. The van der Waals surface area contributed by atoms with E-state index in [0.717, 1.165) is 5.56 Å². The Balaban J connectivity index is 1.48. The number of nitrogen functional groups attached to an aromatic ring is 1. The molecule has 1 amide bonds. The maximum Gasteiger partial charge on any atom is 0.320 e. The molecule has 1 aliphatic heterocycles. The predicted molar refractivity (Wildman–Crippen MR) is 121 cm³/mol. The number of rotatable bonds is 8. The number of hydrogen-bond acceptors (Lipinski definition) is 7. The molecule has 0 bridgehead atoms. The fourth-order valence-electron chi connectivity index (χ4n) is 3.62. The molecule has 2 atom stereocenters. The summed E-state index contributed by atoms with van der Waals surface area (Å²) in [5.74, 6) is -1.28. The zero-order chi connectivity index (χ0) is 24.0. The van der Waals surface area contributed by atoms with Crippen LogP contribution in [0, 0.1) is 5.82 Å². The number of nitrogens with zero attached hydrogens (tertiary/aromatic N) is 1. The van der Waals surface area contributed by atoms with Crippen LogP contribution in [-0.2, 0) is 20.7 Å². The van der Waals surface area contributed by atoms with Gasteiger partial charge in [0, 0.05) is 26.6 Å². The molecule has 2 heterocycles. The van der Waals surface area contributed by atoms with Gasteiger partial charge < -0.3 is 25.5 Å². The normalized spacial score (nSPS) is 18.6. The van der Waals surface area contributed by atoms with Crippen LogP contribution in [0.5, 0.6) is 0 Å². The molecule has 0 saturated carbocycles. The van der Waals surface area contributed by atoms with E-state index in [1.165, 1.54) is 25.3 Å². The lowest BCUT2D eigenvalue weighted by Gasteiger charge is -2.37. The van der Waals surface area contributed by atoms with Gasteiger partial charge in [-0.05, 0) is 30.2 Å². The number of amides is 1. The van der Waals surface area contributed by atoms with Gasteiger partial charge >= 0.3 is 5.97 Å². The minimum absolute atomic E-state index is 0.00848. The molecule has 178 valence electrons. The van der Waals surface area contributed by atoms with E-state index in [-0.39, 0.29) is 47.4 Å². The fraction of sp³-hybridized carbons (Fsp3) is 0.409. The van der Waals surface area contributed by atoms with Crippen molar-refractivity contribution in [1.29, 1.82) is 0 Å². The summed E-state index contributed by atoms with van der Waals surface area (Å²) in [4.78, 5) is 41.0. The summed E-state index contributed by atoms with van der Waals surface area (Å²) in [5.41, 5.74) is 5.64. The van der Waals surface area contributed by atoms with Crippen LogP contribution in [0.1, 0.15) is 22.3 Å². The number of pyridine rings is 1. The van der Waals surface area contributed by atoms with Crippen LogP contribution >= 0.6 is 11.6 Å². The predicted octanol–water partition coefficient (Wildman–Crippen LogP) is 1.35. The third-order valence-corrected chi connectivity index (χ3v) is 5.76. The highest BCUT2D eigenvalue weighted by molar-refractivity contribution is 6.33. The number of nitrogens with one attached hydrogen (secondary N) is 2. The number of carbonyl (C=O) groups excluding carboxylic acids is 2. The Morgan fingerprint density at radius 1 is 1.33 bits per heavy atom. The summed E-state index contributed by atoms with van der Waals surface area (Å²) in [5, 5.41) is 2.88. The molecule has 2 aromatic rings. The first-order valence-corrected chi connectivity index (χ1v) is 10.8. The molecule has 1 fully saturated rings. The van der Waals surface area contributed by atoms with Crippen molar-refractivity contribution in [2.45, 2.75) is 25.0 Å². The second kappa shape index (κ2) is 11.3. The summed E-state index contributed by atoms with van der Waals surface area (Å²) in [6, 6.07) is 6.90. The van der Waals surface area contributed by atoms with E-state index in [9.17, 15) is 18.8 Å². The smallest absolute Gasteiger partial charge is 0.320 e. The van der Waals surface area contributed by atoms with E-state index in [1.807, 2.05) is 4.90 Å². The quantitative estimate of drug-likeness (QED) is 0.487. The van der Waals surface area contributed by atoms with Gasteiger partial charge in [-0.2, -0.15) is 0 Å². The molecular formula is C22H26ClFN4O5. The van der Waals surface area contributed by atoms with E-state index in [1.54, 1.807) is 12.1 Å². The summed E-state index contributed by atoms with van der Waals surface area (Å²) in [7, 11) is 1.52. The highest BCUT2D eigenvalue weighted by Crippen LogP contribution is 2.17. The van der Waals surface area contributed by atoms with Crippen molar-refractivity contribution in [3.8, 4) is 0 Å². The molecule has 11 heteroatoms. The van der Waals surface area contributed by atoms with Crippen molar-refractivity contribution in [2.24, 2.45) is 0 Å². The Kier molecular flexibility index (Phi) is 8.43. The molecule has 0 spiro atoms. The summed E-state index contributed by atoms with van der Waals surface area (Å²) in [6.07, 6.45) is 0.612. The Hall–Kier alpha value is -2.95. The zero-order valence-electron chi connectivity index (χ0n) is 18.1. The molecule has 0 unspecified atom stereocenters. The van der Waals surface area contributed by atoms with Gasteiger partial charge in [0.15, 0.2) is 0 Å². The third kappa shape index (κ3) is 6.77. The number of likely N-dealkylation sites (tertiary alicyclic amines) is 1. The highest BCUT2D eigenvalue weighted by Gasteiger charge is 2.32. The zero-order valence-corrected chi connectivity index (χ0v) is 18.9. The summed E-state index contributed by atoms with van der Waals surface area (Å²) >= 11 is 5.91. The maximum atomic E-state index is 12.9. The number of aromatic amines is 1. The molecule has 1 aliphatic rings. The number of benzene rings is 1. The van der Waals surface area contributed by atoms with Crippen LogP contribution in [0.15, 0.2) is 35.1 Å². The molecule has 3 rings (SSSR count). The topological polar surface area (TPSA) is 127 Å². The van der Waals surface area contributed by atoms with Gasteiger partial charge in [-0.1, -0.05) is 23.7 Å². The Bertz CT molecular complexity index is 1050. The number of aromatic nitrogens is 1. The van der Waals surface area contributed by atoms with Crippen LogP contribution in [0.25, 0.3) is 0 Å². The number of anilines is 1. The molecule has 4 N–H and O–H groups in total. The number of methoxy groups -OCH3 is 1. The first-order valence-electron chi connectivity index (χ1n) is 10.4. The molecule has 9 nitrogen and oxygen atoms in total. The van der Waals surface area contributed by atoms with Crippen LogP contribution in [0.3, 0.4) is 0 Å². The number of carbonyl (C=O) groups is 2. The van der Waals surface area contributed by atoms with E-state index in [0.29, 0.717) is 25.9 Å². The van der Waals surface area contributed by atoms with E-state index < -0.39 is 17.6 Å². The minimum atomic E-state index is -0.635. The van der Waals surface area contributed by atoms with Gasteiger partial charge in [-0.25, -0.2) is 4.39 Å². The first kappa shape index (κ1) is 24.7. The fourth-order valence-corrected chi connectivity index (χ4v) is 3.78. The Morgan fingerprint density at radius 3 is 2.76 bits per heavy atom. The van der Waals surface area contributed by atoms with Crippen LogP contribution in [0.4, 0.5) is 10.2 Å². The average Bonchev–Trinajstić information content (AvgIpc) is 2.78. The Labute approximate surface area is 195 Å². The Morgan fingerprint density at radius 2 is 2.06 bits per heavy atom. The monoisotopic (exact) mass is 480 g/mol. The lowest BCUT2D eigenvalue weighted by Crippen LogP contribution is -2.56. The van der Waals surface area contributed by atoms with Gasteiger partial charge in [0.2, 0.25) is 0 Å². The van der Waals surface area contributed by atoms with Crippen molar-refractivity contribution in [3.63, 3.8) is 0 Å². The number of esters is 1. The van der Waals surface area contributed by atoms with Crippen LogP contribution in [0.2, 0.25) is 5.02 Å². The van der Waals surface area contributed by atoms with Crippen molar-refractivity contribution in [2.75, 3.05) is 39.1 Å². The summed E-state index contributed by atoms with van der Waals surface area (Å²) < 4.78 is 23.7. The van der Waals surface area contributed by atoms with Crippen LogP contribution < -0.4 is 16.6 Å². The maximum absolute atomic E-state index is 12.9. The first-order chi connectivity index (χ1) is 15.8. The SMILES string of the molecule is CO[C@@H]1CN(CC(=O)OCCc2ccc(F)cc2)CC[C@@H]1NC(=O)c1cc(Cl)c(N)[nH]c1=O. The molecule has 1 saturated heterocycles. The van der Waals surface area contributed by atoms with Gasteiger partial charge in [0.1, 0.15) is 17.2 Å². The highest BCUT2D eigenvalue weighted by atomic mass is 35.5. The van der Waals surface area contributed by atoms with Crippen molar-refractivity contribution in [1.82, 2.24) is 15.2 Å². The third-order valence-electron chi connectivity index (χ3n) is 5.45. The van der Waals surface area contributed by atoms with Crippen LogP contribution in [-0.4, -0.2) is 67.3 Å². The number of ether oxygens (including phenoxy) is 2. The molecule has 0 radical (unpaired) electrons. The number of hydrogen-bond donors (Lipinski definition) is 3. The van der Waals surface area contributed by atoms with Gasteiger partial charge in [-0.3, -0.25) is 19.3 Å². The lowest BCUT2D eigenvalue weighted by atomic mass is 10.0. The van der Waals surface area contributed by atoms with E-state index >= 15 is 0 Å². The minimum Gasteiger partial charge on any atom is -0.464 e. The van der Waals surface area contributed by atoms with Crippen molar-refractivity contribution in [3.05, 3.63) is 62.7 Å². The number of H-pyrrole nitrogens is 1. The second-order valence-electron chi connectivity index (χ2n) is 7.75. The van der Waals surface area contributed by atoms with Gasteiger partial charge in [-0.15, -0.1) is 0 Å².